The third kappa shape index (κ3) is 4.77. The average molecular weight is 330 g/mol. The zero-order chi connectivity index (χ0) is 16.8. The van der Waals surface area contributed by atoms with Crippen molar-refractivity contribution in [1.29, 1.82) is 0 Å². The Labute approximate surface area is 145 Å². The van der Waals surface area contributed by atoms with Crippen molar-refractivity contribution in [2.45, 2.75) is 51.1 Å². The maximum atomic E-state index is 12.6. The van der Waals surface area contributed by atoms with E-state index in [0.29, 0.717) is 5.92 Å². The van der Waals surface area contributed by atoms with E-state index >= 15 is 0 Å². The molecule has 0 bridgehead atoms. The lowest BCUT2D eigenvalue weighted by molar-refractivity contribution is -0.134. The topological polar surface area (TPSA) is 62.5 Å². The highest BCUT2D eigenvalue weighted by Gasteiger charge is 2.27. The Morgan fingerprint density at radius 3 is 2.62 bits per heavy atom. The van der Waals surface area contributed by atoms with Gasteiger partial charge in [-0.3, -0.25) is 14.7 Å². The molecule has 24 heavy (non-hydrogen) atoms. The number of aromatic nitrogens is 1. The van der Waals surface area contributed by atoms with E-state index in [1.807, 2.05) is 17.2 Å². The summed E-state index contributed by atoms with van der Waals surface area (Å²) >= 11 is 0. The van der Waals surface area contributed by atoms with E-state index in [1.54, 1.807) is 6.20 Å². The SMILES string of the molecule is NC(CC1CCCCC1)C(=O)N1CCN(Cc2cccnc2)CC1. The first-order valence-electron chi connectivity index (χ1n) is 9.38. The van der Waals surface area contributed by atoms with Crippen LogP contribution in [-0.4, -0.2) is 52.9 Å². The highest BCUT2D eigenvalue weighted by Crippen LogP contribution is 2.27. The lowest BCUT2D eigenvalue weighted by Gasteiger charge is -2.36. The highest BCUT2D eigenvalue weighted by molar-refractivity contribution is 5.81. The molecule has 2 N–H and O–H groups in total. The van der Waals surface area contributed by atoms with Gasteiger partial charge >= 0.3 is 0 Å². The van der Waals surface area contributed by atoms with Crippen molar-refractivity contribution in [2.24, 2.45) is 11.7 Å². The molecule has 2 fully saturated rings. The molecule has 1 aliphatic heterocycles. The van der Waals surface area contributed by atoms with E-state index in [-0.39, 0.29) is 11.9 Å². The van der Waals surface area contributed by atoms with Crippen LogP contribution in [0.15, 0.2) is 24.5 Å². The van der Waals surface area contributed by atoms with Crippen molar-refractivity contribution < 1.29 is 4.79 Å². The van der Waals surface area contributed by atoms with Crippen LogP contribution in [0, 0.1) is 5.92 Å². The summed E-state index contributed by atoms with van der Waals surface area (Å²) in [7, 11) is 0. The first-order valence-corrected chi connectivity index (χ1v) is 9.38. The van der Waals surface area contributed by atoms with Gasteiger partial charge in [-0.2, -0.15) is 0 Å². The lowest BCUT2D eigenvalue weighted by atomic mass is 9.84. The lowest BCUT2D eigenvalue weighted by Crippen LogP contribution is -2.53. The Bertz CT molecular complexity index is 507. The van der Waals surface area contributed by atoms with Gasteiger partial charge in [-0.1, -0.05) is 38.2 Å². The van der Waals surface area contributed by atoms with Crippen molar-refractivity contribution in [3.05, 3.63) is 30.1 Å². The maximum absolute atomic E-state index is 12.6. The van der Waals surface area contributed by atoms with Gasteiger partial charge in [0, 0.05) is 45.1 Å². The summed E-state index contributed by atoms with van der Waals surface area (Å²) < 4.78 is 0. The number of nitrogens with zero attached hydrogens (tertiary/aromatic N) is 3. The smallest absolute Gasteiger partial charge is 0.239 e. The van der Waals surface area contributed by atoms with Crippen molar-refractivity contribution in [2.75, 3.05) is 26.2 Å². The number of amides is 1. The summed E-state index contributed by atoms with van der Waals surface area (Å²) in [6.45, 7) is 4.31. The fourth-order valence-electron chi connectivity index (χ4n) is 3.99. The number of rotatable bonds is 5. The summed E-state index contributed by atoms with van der Waals surface area (Å²) in [6.07, 6.45) is 11.0. The standard InChI is InChI=1S/C19H30N4O/c20-18(13-16-5-2-1-3-6-16)19(24)23-11-9-22(10-12-23)15-17-7-4-8-21-14-17/h4,7-8,14,16,18H,1-3,5-6,9-13,15,20H2. The van der Waals surface area contributed by atoms with Crippen molar-refractivity contribution in [3.8, 4) is 0 Å². The molecule has 1 aromatic heterocycles. The van der Waals surface area contributed by atoms with E-state index in [4.69, 9.17) is 5.73 Å². The van der Waals surface area contributed by atoms with E-state index < -0.39 is 0 Å². The van der Waals surface area contributed by atoms with Crippen LogP contribution >= 0.6 is 0 Å². The minimum atomic E-state index is -0.307. The number of piperazine rings is 1. The largest absolute Gasteiger partial charge is 0.339 e. The molecule has 2 aliphatic rings. The van der Waals surface area contributed by atoms with Gasteiger partial charge in [-0.05, 0) is 24.0 Å². The molecular weight excluding hydrogens is 300 g/mol. The van der Waals surface area contributed by atoms with E-state index in [1.165, 1.54) is 37.7 Å². The van der Waals surface area contributed by atoms with Crippen LogP contribution in [0.2, 0.25) is 0 Å². The Morgan fingerprint density at radius 1 is 1.21 bits per heavy atom. The van der Waals surface area contributed by atoms with Gasteiger partial charge in [0.2, 0.25) is 5.91 Å². The molecule has 1 aromatic rings. The maximum Gasteiger partial charge on any atom is 0.239 e. The van der Waals surface area contributed by atoms with Crippen LogP contribution in [0.25, 0.3) is 0 Å². The number of nitrogens with two attached hydrogens (primary N) is 1. The van der Waals surface area contributed by atoms with Gasteiger partial charge in [-0.15, -0.1) is 0 Å². The van der Waals surface area contributed by atoms with Crippen LogP contribution in [0.1, 0.15) is 44.1 Å². The molecule has 5 nitrogen and oxygen atoms in total. The molecule has 132 valence electrons. The van der Waals surface area contributed by atoms with Gasteiger partial charge < -0.3 is 10.6 Å². The Hall–Kier alpha value is -1.46. The van der Waals surface area contributed by atoms with Gasteiger partial charge in [0.15, 0.2) is 0 Å². The zero-order valence-electron chi connectivity index (χ0n) is 14.6. The molecule has 2 heterocycles. The molecule has 1 saturated carbocycles. The molecule has 0 radical (unpaired) electrons. The molecule has 3 rings (SSSR count). The summed E-state index contributed by atoms with van der Waals surface area (Å²) in [5, 5.41) is 0. The van der Waals surface area contributed by atoms with E-state index in [9.17, 15) is 4.79 Å². The fraction of sp³-hybridized carbons (Fsp3) is 0.684. The van der Waals surface area contributed by atoms with Crippen molar-refractivity contribution >= 4 is 5.91 Å². The normalized spacial score (nSPS) is 21.6. The van der Waals surface area contributed by atoms with Crippen LogP contribution in [0.5, 0.6) is 0 Å². The second kappa shape index (κ2) is 8.58. The van der Waals surface area contributed by atoms with Crippen molar-refractivity contribution in [1.82, 2.24) is 14.8 Å². The summed E-state index contributed by atoms with van der Waals surface area (Å²) in [5.41, 5.74) is 7.45. The van der Waals surface area contributed by atoms with Crippen molar-refractivity contribution in [3.63, 3.8) is 0 Å². The molecule has 1 unspecified atom stereocenters. The van der Waals surface area contributed by atoms with Crippen LogP contribution in [-0.2, 0) is 11.3 Å². The third-order valence-electron chi connectivity index (χ3n) is 5.44. The number of hydrogen-bond donors (Lipinski definition) is 1. The minimum Gasteiger partial charge on any atom is -0.339 e. The van der Waals surface area contributed by atoms with Crippen LogP contribution in [0.3, 0.4) is 0 Å². The summed E-state index contributed by atoms with van der Waals surface area (Å²) in [4.78, 5) is 21.1. The average Bonchev–Trinajstić information content (AvgIpc) is 2.63. The molecule has 1 aliphatic carbocycles. The van der Waals surface area contributed by atoms with Gasteiger partial charge in [0.05, 0.1) is 6.04 Å². The first-order chi connectivity index (χ1) is 11.7. The molecule has 1 amide bonds. The highest BCUT2D eigenvalue weighted by atomic mass is 16.2. The molecule has 0 spiro atoms. The Kier molecular flexibility index (Phi) is 6.21. The number of carbonyl (C=O) groups is 1. The van der Waals surface area contributed by atoms with Crippen LogP contribution in [0.4, 0.5) is 0 Å². The summed E-state index contributed by atoms with van der Waals surface area (Å²) in [5.74, 6) is 0.811. The second-order valence-corrected chi connectivity index (χ2v) is 7.31. The monoisotopic (exact) mass is 330 g/mol. The van der Waals surface area contributed by atoms with E-state index in [2.05, 4.69) is 16.0 Å². The predicted molar refractivity (Wildman–Crippen MR) is 95.3 cm³/mol. The second-order valence-electron chi connectivity index (χ2n) is 7.31. The van der Waals surface area contributed by atoms with Gasteiger partial charge in [-0.25, -0.2) is 0 Å². The number of pyridine rings is 1. The van der Waals surface area contributed by atoms with Crippen LogP contribution < -0.4 is 5.73 Å². The van der Waals surface area contributed by atoms with E-state index in [0.717, 1.165) is 39.1 Å². The molecule has 1 atom stereocenters. The quantitative estimate of drug-likeness (QED) is 0.897. The molecule has 0 aromatic carbocycles. The fourth-order valence-corrected chi connectivity index (χ4v) is 3.99. The minimum absolute atomic E-state index is 0.154. The predicted octanol–water partition coefficient (Wildman–Crippen LogP) is 2.02. The first kappa shape index (κ1) is 17.4. The number of hydrogen-bond acceptors (Lipinski definition) is 4. The molecule has 1 saturated heterocycles. The third-order valence-corrected chi connectivity index (χ3v) is 5.44. The molecule has 5 heteroatoms. The number of carbonyl (C=O) groups excluding carboxylic acids is 1. The van der Waals surface area contributed by atoms with Gasteiger partial charge in [0.25, 0.3) is 0 Å². The Morgan fingerprint density at radius 2 is 1.96 bits per heavy atom. The van der Waals surface area contributed by atoms with Gasteiger partial charge in [0.1, 0.15) is 0 Å². The summed E-state index contributed by atoms with van der Waals surface area (Å²) in [6, 6.07) is 3.77. The zero-order valence-corrected chi connectivity index (χ0v) is 14.6. The Balaban J connectivity index is 1.42. The molecular formula is C19H30N4O.